The third kappa shape index (κ3) is 3.00. The van der Waals surface area contributed by atoms with Crippen LogP contribution in [0.4, 0.5) is 5.69 Å². The summed E-state index contributed by atoms with van der Waals surface area (Å²) in [7, 11) is 0. The summed E-state index contributed by atoms with van der Waals surface area (Å²) < 4.78 is 1.93. The molecule has 110 valence electrons. The average molecular weight is 311 g/mol. The summed E-state index contributed by atoms with van der Waals surface area (Å²) >= 11 is 5.74. The van der Waals surface area contributed by atoms with Gasteiger partial charge in [-0.1, -0.05) is 11.6 Å². The monoisotopic (exact) mass is 310 g/mol. The summed E-state index contributed by atoms with van der Waals surface area (Å²) in [4.78, 5) is 38.1. The molecular formula is C12H11ClN4O4. The minimum absolute atomic E-state index is 0.110. The molecule has 9 heteroatoms. The Labute approximate surface area is 123 Å². The van der Waals surface area contributed by atoms with Crippen molar-refractivity contribution in [2.45, 2.75) is 20.0 Å². The van der Waals surface area contributed by atoms with Crippen LogP contribution in [0.15, 0.2) is 34.1 Å². The molecule has 21 heavy (non-hydrogen) atoms. The van der Waals surface area contributed by atoms with Crippen molar-refractivity contribution < 1.29 is 4.92 Å². The van der Waals surface area contributed by atoms with E-state index in [0.717, 1.165) is 15.3 Å². The Kier molecular flexibility index (Phi) is 4.18. The van der Waals surface area contributed by atoms with Gasteiger partial charge in [0.1, 0.15) is 5.15 Å². The molecular weight excluding hydrogens is 300 g/mol. The van der Waals surface area contributed by atoms with Crippen molar-refractivity contribution in [2.75, 3.05) is 0 Å². The molecule has 0 amide bonds. The summed E-state index contributed by atoms with van der Waals surface area (Å²) in [6.07, 6.45) is 2.39. The van der Waals surface area contributed by atoms with Crippen LogP contribution in [0, 0.1) is 10.1 Å². The van der Waals surface area contributed by atoms with Crippen LogP contribution in [0.2, 0.25) is 5.15 Å². The lowest BCUT2D eigenvalue weighted by atomic mass is 10.2. The Morgan fingerprint density at radius 2 is 2.14 bits per heavy atom. The molecule has 0 spiro atoms. The highest BCUT2D eigenvalue weighted by atomic mass is 35.5. The van der Waals surface area contributed by atoms with Crippen molar-refractivity contribution in [3.8, 4) is 0 Å². The molecule has 0 saturated heterocycles. The fourth-order valence-corrected chi connectivity index (χ4v) is 2.05. The van der Waals surface area contributed by atoms with Crippen molar-refractivity contribution in [1.29, 1.82) is 0 Å². The molecule has 2 aromatic rings. The highest BCUT2D eigenvalue weighted by Gasteiger charge is 2.19. The van der Waals surface area contributed by atoms with Gasteiger partial charge in [0.25, 0.3) is 0 Å². The molecule has 0 unspecified atom stereocenters. The predicted octanol–water partition coefficient (Wildman–Crippen LogP) is 1.03. The molecule has 0 N–H and O–H groups in total. The Bertz CT molecular complexity index is 812. The minimum atomic E-state index is -0.942. The third-order valence-electron chi connectivity index (χ3n) is 2.89. The maximum absolute atomic E-state index is 12.1. The first kappa shape index (κ1) is 14.9. The third-order valence-corrected chi connectivity index (χ3v) is 3.09. The maximum Gasteiger partial charge on any atom is 0.350 e. The molecule has 0 aliphatic heterocycles. The molecule has 0 fully saturated rings. The van der Waals surface area contributed by atoms with Crippen LogP contribution >= 0.6 is 11.6 Å². The number of aromatic nitrogens is 3. The SMILES string of the molecule is CCn1cc([N+](=O)[O-])c(=O)n(Cc2ccnc(Cl)c2)c1=O. The number of halogens is 1. The second-order valence-corrected chi connectivity index (χ2v) is 4.61. The highest BCUT2D eigenvalue weighted by molar-refractivity contribution is 6.29. The van der Waals surface area contributed by atoms with E-state index >= 15 is 0 Å². The number of pyridine rings is 1. The average Bonchev–Trinajstić information content (AvgIpc) is 2.43. The highest BCUT2D eigenvalue weighted by Crippen LogP contribution is 2.08. The molecule has 0 atom stereocenters. The Balaban J connectivity index is 2.62. The number of hydrogen-bond acceptors (Lipinski definition) is 5. The zero-order valence-electron chi connectivity index (χ0n) is 11.0. The van der Waals surface area contributed by atoms with Gasteiger partial charge >= 0.3 is 16.9 Å². The molecule has 0 saturated carbocycles. The lowest BCUT2D eigenvalue weighted by Crippen LogP contribution is -2.40. The second-order valence-electron chi connectivity index (χ2n) is 4.22. The topological polar surface area (TPSA) is 100 Å². The Hall–Kier alpha value is -2.48. The summed E-state index contributed by atoms with van der Waals surface area (Å²) in [5.41, 5.74) is -1.64. The van der Waals surface area contributed by atoms with Crippen molar-refractivity contribution in [3.63, 3.8) is 0 Å². The summed E-state index contributed by atoms with van der Waals surface area (Å²) in [5.74, 6) is 0. The van der Waals surface area contributed by atoms with E-state index in [1.165, 1.54) is 12.3 Å². The van der Waals surface area contributed by atoms with Crippen molar-refractivity contribution >= 4 is 17.3 Å². The van der Waals surface area contributed by atoms with Gasteiger partial charge in [-0.3, -0.25) is 19.5 Å². The first-order chi connectivity index (χ1) is 9.93. The molecule has 2 aromatic heterocycles. The summed E-state index contributed by atoms with van der Waals surface area (Å²) in [6.45, 7) is 1.77. The van der Waals surface area contributed by atoms with E-state index in [0.29, 0.717) is 5.56 Å². The fourth-order valence-electron chi connectivity index (χ4n) is 1.85. The van der Waals surface area contributed by atoms with Crippen LogP contribution in [-0.4, -0.2) is 19.0 Å². The Morgan fingerprint density at radius 3 is 2.71 bits per heavy atom. The lowest BCUT2D eigenvalue weighted by Gasteiger charge is -2.08. The predicted molar refractivity (Wildman–Crippen MR) is 75.6 cm³/mol. The molecule has 8 nitrogen and oxygen atoms in total. The number of nitrogens with zero attached hydrogens (tertiary/aromatic N) is 4. The fraction of sp³-hybridized carbons (Fsp3) is 0.250. The molecule has 0 radical (unpaired) electrons. The van der Waals surface area contributed by atoms with Crippen LogP contribution < -0.4 is 11.2 Å². The summed E-state index contributed by atoms with van der Waals surface area (Å²) in [5, 5.41) is 11.1. The molecule has 2 rings (SSSR count). The first-order valence-corrected chi connectivity index (χ1v) is 6.41. The van der Waals surface area contributed by atoms with Gasteiger partial charge in [0.15, 0.2) is 0 Å². The van der Waals surface area contributed by atoms with E-state index in [4.69, 9.17) is 11.6 Å². The van der Waals surface area contributed by atoms with Gasteiger partial charge in [-0.25, -0.2) is 14.3 Å². The van der Waals surface area contributed by atoms with Gasteiger partial charge in [-0.15, -0.1) is 0 Å². The van der Waals surface area contributed by atoms with E-state index in [1.54, 1.807) is 13.0 Å². The quantitative estimate of drug-likeness (QED) is 0.477. The minimum Gasteiger partial charge on any atom is -0.294 e. The van der Waals surface area contributed by atoms with E-state index in [9.17, 15) is 19.7 Å². The van der Waals surface area contributed by atoms with Gasteiger partial charge in [-0.05, 0) is 24.6 Å². The standard InChI is InChI=1S/C12H11ClN4O4/c1-2-15-7-9(17(20)21)11(18)16(12(15)19)6-8-3-4-14-10(13)5-8/h3-5,7H,2,6H2,1H3. The van der Waals surface area contributed by atoms with E-state index in [1.807, 2.05) is 0 Å². The van der Waals surface area contributed by atoms with Crippen molar-refractivity contribution in [3.05, 3.63) is 66.2 Å². The zero-order valence-corrected chi connectivity index (χ0v) is 11.8. The normalized spacial score (nSPS) is 10.6. The molecule has 0 bridgehead atoms. The van der Waals surface area contributed by atoms with E-state index < -0.39 is 21.9 Å². The molecule has 0 aliphatic rings. The largest absolute Gasteiger partial charge is 0.350 e. The van der Waals surface area contributed by atoms with Crippen LogP contribution in [0.25, 0.3) is 0 Å². The lowest BCUT2D eigenvalue weighted by molar-refractivity contribution is -0.387. The van der Waals surface area contributed by atoms with Crippen LogP contribution in [0.5, 0.6) is 0 Å². The Morgan fingerprint density at radius 1 is 1.43 bits per heavy atom. The van der Waals surface area contributed by atoms with Gasteiger partial charge in [-0.2, -0.15) is 0 Å². The number of aryl methyl sites for hydroxylation is 1. The smallest absolute Gasteiger partial charge is 0.294 e. The van der Waals surface area contributed by atoms with Crippen molar-refractivity contribution in [2.24, 2.45) is 0 Å². The van der Waals surface area contributed by atoms with Crippen LogP contribution in [0.1, 0.15) is 12.5 Å². The van der Waals surface area contributed by atoms with Gasteiger partial charge in [0.05, 0.1) is 17.7 Å². The molecule has 0 aliphatic carbocycles. The number of hydrogen-bond donors (Lipinski definition) is 0. The van der Waals surface area contributed by atoms with Crippen LogP contribution in [0.3, 0.4) is 0 Å². The van der Waals surface area contributed by atoms with Gasteiger partial charge in [0.2, 0.25) is 0 Å². The second kappa shape index (κ2) is 5.88. The van der Waals surface area contributed by atoms with Gasteiger partial charge in [0, 0.05) is 12.7 Å². The zero-order chi connectivity index (χ0) is 15.6. The van der Waals surface area contributed by atoms with Gasteiger partial charge < -0.3 is 0 Å². The number of nitro groups is 1. The molecule has 2 heterocycles. The molecule has 0 aromatic carbocycles. The number of rotatable bonds is 4. The van der Waals surface area contributed by atoms with E-state index in [2.05, 4.69) is 4.98 Å². The van der Waals surface area contributed by atoms with Crippen LogP contribution in [-0.2, 0) is 13.1 Å². The van der Waals surface area contributed by atoms with Crippen molar-refractivity contribution in [1.82, 2.24) is 14.1 Å². The first-order valence-electron chi connectivity index (χ1n) is 6.03. The maximum atomic E-state index is 12.1. The van der Waals surface area contributed by atoms with E-state index in [-0.39, 0.29) is 18.2 Å². The summed E-state index contributed by atoms with van der Waals surface area (Å²) in [6, 6.07) is 3.06.